The number of pyridine rings is 1. The number of amides is 2. The fraction of sp³-hybridized carbons (Fsp3) is 0.350. The van der Waals surface area contributed by atoms with Gasteiger partial charge in [-0.2, -0.15) is 0 Å². The fourth-order valence-electron chi connectivity index (χ4n) is 3.13. The summed E-state index contributed by atoms with van der Waals surface area (Å²) in [6.07, 6.45) is 3.68. The van der Waals surface area contributed by atoms with Gasteiger partial charge in [-0.05, 0) is 49.4 Å². The van der Waals surface area contributed by atoms with Crippen molar-refractivity contribution in [1.82, 2.24) is 9.88 Å². The second-order valence-corrected chi connectivity index (χ2v) is 6.70. The average Bonchev–Trinajstić information content (AvgIpc) is 2.63. The van der Waals surface area contributed by atoms with E-state index < -0.39 is 0 Å². The number of hydrogen-bond acceptors (Lipinski definition) is 3. The topological polar surface area (TPSA) is 62.3 Å². The van der Waals surface area contributed by atoms with E-state index in [2.05, 4.69) is 17.2 Å². The van der Waals surface area contributed by atoms with Crippen LogP contribution in [0.1, 0.15) is 46.2 Å². The summed E-state index contributed by atoms with van der Waals surface area (Å²) in [5, 5.41) is 2.89. The molecule has 1 atom stereocenters. The lowest BCUT2D eigenvalue weighted by Gasteiger charge is -2.30. The van der Waals surface area contributed by atoms with E-state index in [9.17, 15) is 9.59 Å². The molecule has 0 spiro atoms. The Hall–Kier alpha value is -2.69. The van der Waals surface area contributed by atoms with Crippen molar-refractivity contribution in [2.24, 2.45) is 5.92 Å². The normalized spacial score (nSPS) is 17.2. The summed E-state index contributed by atoms with van der Waals surface area (Å²) in [6, 6.07) is 10.8. The predicted molar refractivity (Wildman–Crippen MR) is 97.7 cm³/mol. The molecule has 0 radical (unpaired) electrons. The second-order valence-electron chi connectivity index (χ2n) is 6.70. The first-order valence-electron chi connectivity index (χ1n) is 8.67. The van der Waals surface area contributed by atoms with E-state index in [-0.39, 0.29) is 11.8 Å². The molecule has 1 aromatic heterocycles. The lowest BCUT2D eigenvalue weighted by atomic mass is 10.00. The summed E-state index contributed by atoms with van der Waals surface area (Å²) < 4.78 is 0. The quantitative estimate of drug-likeness (QED) is 0.932. The van der Waals surface area contributed by atoms with Crippen LogP contribution in [-0.4, -0.2) is 34.8 Å². The van der Waals surface area contributed by atoms with Gasteiger partial charge in [-0.15, -0.1) is 0 Å². The third kappa shape index (κ3) is 4.05. The predicted octanol–water partition coefficient (Wildman–Crippen LogP) is 3.51. The number of benzene rings is 1. The average molecular weight is 337 g/mol. The van der Waals surface area contributed by atoms with Crippen molar-refractivity contribution >= 4 is 17.5 Å². The van der Waals surface area contributed by atoms with Gasteiger partial charge in [0.1, 0.15) is 5.69 Å². The van der Waals surface area contributed by atoms with E-state index in [0.717, 1.165) is 37.2 Å². The Labute approximate surface area is 148 Å². The van der Waals surface area contributed by atoms with Gasteiger partial charge in [-0.1, -0.05) is 25.1 Å². The maximum Gasteiger partial charge on any atom is 0.272 e. The van der Waals surface area contributed by atoms with Crippen molar-refractivity contribution in [3.63, 3.8) is 0 Å². The summed E-state index contributed by atoms with van der Waals surface area (Å²) in [7, 11) is 0. The number of nitrogens with one attached hydrogen (secondary N) is 1. The number of para-hydroxylation sites is 1. The standard InChI is InChI=1S/C20H23N3O2/c1-14-6-5-11-23(13-14)20(25)18-12-16(9-10-21-18)19(24)22-17-8-4-3-7-15(17)2/h3-4,7-10,12,14H,5-6,11,13H2,1-2H3,(H,22,24). The molecule has 5 nitrogen and oxygen atoms in total. The summed E-state index contributed by atoms with van der Waals surface area (Å²) in [5.74, 6) is 0.167. The number of carbonyl (C=O) groups excluding carboxylic acids is 2. The number of aryl methyl sites for hydroxylation is 1. The van der Waals surface area contributed by atoms with Crippen LogP contribution in [-0.2, 0) is 0 Å². The van der Waals surface area contributed by atoms with Crippen molar-refractivity contribution in [2.45, 2.75) is 26.7 Å². The summed E-state index contributed by atoms with van der Waals surface area (Å²) in [6.45, 7) is 5.60. The van der Waals surface area contributed by atoms with Gasteiger partial charge in [-0.25, -0.2) is 0 Å². The monoisotopic (exact) mass is 337 g/mol. The highest BCUT2D eigenvalue weighted by molar-refractivity contribution is 6.06. The molecule has 1 fully saturated rings. The van der Waals surface area contributed by atoms with Crippen LogP contribution in [0.3, 0.4) is 0 Å². The van der Waals surface area contributed by atoms with Gasteiger partial charge in [-0.3, -0.25) is 14.6 Å². The molecule has 0 aliphatic carbocycles. The number of aromatic nitrogens is 1. The lowest BCUT2D eigenvalue weighted by Crippen LogP contribution is -2.39. The largest absolute Gasteiger partial charge is 0.337 e. The van der Waals surface area contributed by atoms with Crippen molar-refractivity contribution in [3.05, 3.63) is 59.4 Å². The van der Waals surface area contributed by atoms with Crippen molar-refractivity contribution in [2.75, 3.05) is 18.4 Å². The molecule has 0 bridgehead atoms. The second kappa shape index (κ2) is 7.47. The number of likely N-dealkylation sites (tertiary alicyclic amines) is 1. The minimum Gasteiger partial charge on any atom is -0.337 e. The van der Waals surface area contributed by atoms with Crippen molar-refractivity contribution < 1.29 is 9.59 Å². The maximum atomic E-state index is 12.7. The first kappa shape index (κ1) is 17.1. The fourth-order valence-corrected chi connectivity index (χ4v) is 3.13. The van der Waals surface area contributed by atoms with E-state index >= 15 is 0 Å². The van der Waals surface area contributed by atoms with Crippen LogP contribution in [0.15, 0.2) is 42.6 Å². The minimum atomic E-state index is -0.238. The number of nitrogens with zero attached hydrogens (tertiary/aromatic N) is 2. The van der Waals surface area contributed by atoms with Gasteiger partial charge in [0.15, 0.2) is 0 Å². The van der Waals surface area contributed by atoms with E-state index in [1.54, 1.807) is 12.1 Å². The van der Waals surface area contributed by atoms with Crippen LogP contribution in [0, 0.1) is 12.8 Å². The van der Waals surface area contributed by atoms with Gasteiger partial charge in [0, 0.05) is 30.5 Å². The zero-order chi connectivity index (χ0) is 17.8. The highest BCUT2D eigenvalue weighted by Crippen LogP contribution is 2.18. The third-order valence-electron chi connectivity index (χ3n) is 4.58. The molecule has 2 aromatic rings. The summed E-state index contributed by atoms with van der Waals surface area (Å²) in [4.78, 5) is 31.2. The summed E-state index contributed by atoms with van der Waals surface area (Å²) >= 11 is 0. The van der Waals surface area contributed by atoms with E-state index in [1.807, 2.05) is 36.1 Å². The molecule has 5 heteroatoms. The van der Waals surface area contributed by atoms with Crippen molar-refractivity contribution in [1.29, 1.82) is 0 Å². The first-order valence-corrected chi connectivity index (χ1v) is 8.67. The number of piperidine rings is 1. The molecule has 1 N–H and O–H groups in total. The zero-order valence-electron chi connectivity index (χ0n) is 14.7. The highest BCUT2D eigenvalue weighted by atomic mass is 16.2. The number of rotatable bonds is 3. The Kier molecular flexibility index (Phi) is 5.12. The van der Waals surface area contributed by atoms with Crippen LogP contribution >= 0.6 is 0 Å². The molecule has 1 aliphatic heterocycles. The minimum absolute atomic E-state index is 0.0999. The number of carbonyl (C=O) groups is 2. The molecule has 1 aliphatic rings. The Morgan fingerprint density at radius 1 is 1.24 bits per heavy atom. The Morgan fingerprint density at radius 3 is 2.80 bits per heavy atom. The molecule has 2 heterocycles. The van der Waals surface area contributed by atoms with Crippen LogP contribution < -0.4 is 5.32 Å². The molecule has 2 amide bonds. The Morgan fingerprint density at radius 2 is 2.04 bits per heavy atom. The van der Waals surface area contributed by atoms with Crippen molar-refractivity contribution in [3.8, 4) is 0 Å². The number of hydrogen-bond donors (Lipinski definition) is 1. The van der Waals surface area contributed by atoms with Crippen LogP contribution in [0.5, 0.6) is 0 Å². The van der Waals surface area contributed by atoms with Gasteiger partial charge >= 0.3 is 0 Å². The number of anilines is 1. The van der Waals surface area contributed by atoms with Gasteiger partial charge in [0.05, 0.1) is 0 Å². The molecular formula is C20H23N3O2. The first-order chi connectivity index (χ1) is 12.0. The smallest absolute Gasteiger partial charge is 0.272 e. The zero-order valence-corrected chi connectivity index (χ0v) is 14.7. The van der Waals surface area contributed by atoms with Gasteiger partial charge in [0.2, 0.25) is 0 Å². The molecule has 0 saturated carbocycles. The highest BCUT2D eigenvalue weighted by Gasteiger charge is 2.23. The molecule has 1 aromatic carbocycles. The molecule has 3 rings (SSSR count). The van der Waals surface area contributed by atoms with Crippen LogP contribution in [0.25, 0.3) is 0 Å². The van der Waals surface area contributed by atoms with Gasteiger partial charge in [0.25, 0.3) is 11.8 Å². The molecule has 130 valence electrons. The SMILES string of the molecule is Cc1ccccc1NC(=O)c1ccnc(C(=O)N2CCCC(C)C2)c1. The molecule has 1 saturated heterocycles. The Bertz CT molecular complexity index is 788. The van der Waals surface area contributed by atoms with E-state index in [0.29, 0.717) is 17.2 Å². The van der Waals surface area contributed by atoms with Crippen LogP contribution in [0.2, 0.25) is 0 Å². The molecule has 25 heavy (non-hydrogen) atoms. The summed E-state index contributed by atoms with van der Waals surface area (Å²) in [5.41, 5.74) is 2.52. The maximum absolute atomic E-state index is 12.7. The van der Waals surface area contributed by atoms with E-state index in [1.165, 1.54) is 6.20 Å². The third-order valence-corrected chi connectivity index (χ3v) is 4.58. The molecular weight excluding hydrogens is 314 g/mol. The van der Waals surface area contributed by atoms with E-state index in [4.69, 9.17) is 0 Å². The van der Waals surface area contributed by atoms with Crippen LogP contribution in [0.4, 0.5) is 5.69 Å². The molecule has 1 unspecified atom stereocenters. The Balaban J connectivity index is 1.75. The lowest BCUT2D eigenvalue weighted by molar-refractivity contribution is 0.0677. The van der Waals surface area contributed by atoms with Gasteiger partial charge < -0.3 is 10.2 Å².